The normalized spacial score (nSPS) is 13.0. The SMILES string of the molecule is C#CCOS(=O)OC(CC)COc1ccc(-c2ccccc2)cc1. The molecule has 5 heteroatoms. The van der Waals surface area contributed by atoms with Crippen LogP contribution in [-0.2, 0) is 19.7 Å². The van der Waals surface area contributed by atoms with Crippen LogP contribution in [0.1, 0.15) is 13.3 Å². The van der Waals surface area contributed by atoms with E-state index in [1.807, 2.05) is 49.4 Å². The maximum atomic E-state index is 11.5. The number of ether oxygens (including phenoxy) is 1. The van der Waals surface area contributed by atoms with Gasteiger partial charge in [-0.05, 0) is 29.7 Å². The largest absolute Gasteiger partial charge is 0.491 e. The van der Waals surface area contributed by atoms with Crippen molar-refractivity contribution in [3.05, 3.63) is 54.6 Å². The number of hydrogen-bond donors (Lipinski definition) is 0. The average Bonchev–Trinajstić information content (AvgIpc) is 2.64. The summed E-state index contributed by atoms with van der Waals surface area (Å²) in [5, 5.41) is 0. The Balaban J connectivity index is 1.87. The van der Waals surface area contributed by atoms with Crippen molar-refractivity contribution in [2.45, 2.75) is 19.4 Å². The quantitative estimate of drug-likeness (QED) is 0.650. The first-order valence-corrected chi connectivity index (χ1v) is 8.67. The van der Waals surface area contributed by atoms with Gasteiger partial charge in [0.05, 0.1) is 0 Å². The van der Waals surface area contributed by atoms with Gasteiger partial charge >= 0.3 is 11.4 Å². The van der Waals surface area contributed by atoms with Crippen molar-refractivity contribution in [1.82, 2.24) is 0 Å². The molecule has 0 N–H and O–H groups in total. The molecule has 2 unspecified atom stereocenters. The summed E-state index contributed by atoms with van der Waals surface area (Å²) in [6.45, 7) is 2.15. The van der Waals surface area contributed by atoms with Gasteiger partial charge in [0.25, 0.3) is 0 Å². The lowest BCUT2D eigenvalue weighted by Crippen LogP contribution is -2.23. The Morgan fingerprint density at radius 2 is 1.75 bits per heavy atom. The second-order valence-corrected chi connectivity index (χ2v) is 5.83. The van der Waals surface area contributed by atoms with Gasteiger partial charge in [-0.2, -0.15) is 4.21 Å². The molecule has 0 amide bonds. The van der Waals surface area contributed by atoms with Crippen molar-refractivity contribution in [2.24, 2.45) is 0 Å². The molecule has 0 aliphatic carbocycles. The highest BCUT2D eigenvalue weighted by Crippen LogP contribution is 2.22. The van der Waals surface area contributed by atoms with Gasteiger partial charge in [0.1, 0.15) is 25.1 Å². The maximum absolute atomic E-state index is 11.5. The van der Waals surface area contributed by atoms with Crippen LogP contribution in [0.15, 0.2) is 54.6 Å². The Labute approximate surface area is 145 Å². The molecule has 0 heterocycles. The first-order chi connectivity index (χ1) is 11.7. The van der Waals surface area contributed by atoms with Crippen LogP contribution in [0, 0.1) is 12.3 Å². The van der Waals surface area contributed by atoms with Crippen molar-refractivity contribution in [2.75, 3.05) is 13.2 Å². The zero-order chi connectivity index (χ0) is 17.2. The number of benzene rings is 2. The maximum Gasteiger partial charge on any atom is 0.305 e. The molecule has 24 heavy (non-hydrogen) atoms. The van der Waals surface area contributed by atoms with Crippen LogP contribution in [0.5, 0.6) is 5.75 Å². The summed E-state index contributed by atoms with van der Waals surface area (Å²) in [7, 11) is 0. The molecule has 126 valence electrons. The number of rotatable bonds is 9. The van der Waals surface area contributed by atoms with Crippen LogP contribution < -0.4 is 4.74 Å². The fraction of sp³-hybridized carbons (Fsp3) is 0.263. The molecule has 0 aliphatic heterocycles. The van der Waals surface area contributed by atoms with Crippen molar-refractivity contribution < 1.29 is 17.3 Å². The van der Waals surface area contributed by atoms with E-state index in [-0.39, 0.29) is 19.3 Å². The first-order valence-electron chi connectivity index (χ1n) is 7.67. The van der Waals surface area contributed by atoms with Crippen molar-refractivity contribution in [1.29, 1.82) is 0 Å². The molecule has 2 atom stereocenters. The van der Waals surface area contributed by atoms with Crippen LogP contribution in [0.4, 0.5) is 0 Å². The van der Waals surface area contributed by atoms with E-state index in [0.29, 0.717) is 6.42 Å². The molecule has 2 rings (SSSR count). The van der Waals surface area contributed by atoms with E-state index in [1.54, 1.807) is 0 Å². The van der Waals surface area contributed by atoms with E-state index in [1.165, 1.54) is 0 Å². The minimum absolute atomic E-state index is 0.0507. The summed E-state index contributed by atoms with van der Waals surface area (Å²) < 4.78 is 27.2. The van der Waals surface area contributed by atoms with E-state index >= 15 is 0 Å². The van der Waals surface area contributed by atoms with E-state index in [0.717, 1.165) is 16.9 Å². The van der Waals surface area contributed by atoms with Gasteiger partial charge in [-0.3, -0.25) is 8.37 Å². The molecule has 0 saturated heterocycles. The van der Waals surface area contributed by atoms with Gasteiger partial charge in [0.2, 0.25) is 0 Å². The summed E-state index contributed by atoms with van der Waals surface area (Å²) >= 11 is -1.86. The molecule has 0 radical (unpaired) electrons. The molecule has 2 aromatic rings. The Kier molecular flexibility index (Phi) is 7.50. The lowest BCUT2D eigenvalue weighted by molar-refractivity contribution is 0.122. The van der Waals surface area contributed by atoms with Gasteiger partial charge in [-0.25, -0.2) is 0 Å². The van der Waals surface area contributed by atoms with Crippen LogP contribution in [0.25, 0.3) is 11.1 Å². The predicted molar refractivity (Wildman–Crippen MR) is 95.5 cm³/mol. The zero-order valence-corrected chi connectivity index (χ0v) is 14.3. The topological polar surface area (TPSA) is 44.8 Å². The third-order valence-electron chi connectivity index (χ3n) is 3.31. The highest BCUT2D eigenvalue weighted by atomic mass is 32.2. The van der Waals surface area contributed by atoms with Crippen LogP contribution in [0.2, 0.25) is 0 Å². The molecule has 4 nitrogen and oxygen atoms in total. The van der Waals surface area contributed by atoms with Gasteiger partial charge in [0.15, 0.2) is 0 Å². The zero-order valence-electron chi connectivity index (χ0n) is 13.5. The van der Waals surface area contributed by atoms with Gasteiger partial charge < -0.3 is 4.74 Å². The lowest BCUT2D eigenvalue weighted by atomic mass is 10.1. The second kappa shape index (κ2) is 9.89. The summed E-state index contributed by atoms with van der Waals surface area (Å²) in [6.07, 6.45) is 5.35. The molecule has 2 aromatic carbocycles. The summed E-state index contributed by atoms with van der Waals surface area (Å²) in [5.41, 5.74) is 2.27. The number of terminal acetylenes is 1. The fourth-order valence-electron chi connectivity index (χ4n) is 2.00. The molecular formula is C19H20O4S. The van der Waals surface area contributed by atoms with Crippen molar-refractivity contribution in [3.63, 3.8) is 0 Å². The Morgan fingerprint density at radius 1 is 1.08 bits per heavy atom. The smallest absolute Gasteiger partial charge is 0.305 e. The Hall–Kier alpha value is -2.13. The third-order valence-corrected chi connectivity index (χ3v) is 4.05. The van der Waals surface area contributed by atoms with Crippen molar-refractivity contribution >= 4 is 11.4 Å². The van der Waals surface area contributed by atoms with Gasteiger partial charge in [-0.15, -0.1) is 6.42 Å². The predicted octanol–water partition coefficient (Wildman–Crippen LogP) is 3.76. The highest BCUT2D eigenvalue weighted by molar-refractivity contribution is 7.75. The van der Waals surface area contributed by atoms with E-state index in [2.05, 4.69) is 18.1 Å². The summed E-state index contributed by atoms with van der Waals surface area (Å²) in [4.78, 5) is 0. The van der Waals surface area contributed by atoms with Gasteiger partial charge in [0, 0.05) is 0 Å². The lowest BCUT2D eigenvalue weighted by Gasteiger charge is -2.15. The fourth-order valence-corrected chi connectivity index (χ4v) is 2.63. The van der Waals surface area contributed by atoms with E-state index in [9.17, 15) is 4.21 Å². The molecule has 0 saturated carbocycles. The van der Waals surface area contributed by atoms with Crippen LogP contribution >= 0.6 is 0 Å². The minimum Gasteiger partial charge on any atom is -0.491 e. The molecule has 0 aliphatic rings. The molecule has 0 fully saturated rings. The van der Waals surface area contributed by atoms with Gasteiger partial charge in [-0.1, -0.05) is 55.3 Å². The molecular weight excluding hydrogens is 324 g/mol. The standard InChI is InChI=1S/C19H20O4S/c1-3-14-22-24(20)23-18(4-2)15-21-19-12-10-17(11-13-19)16-8-6-5-7-9-16/h1,5-13,18H,4,14-15H2,2H3. The van der Waals surface area contributed by atoms with Crippen molar-refractivity contribution in [3.8, 4) is 29.2 Å². The average molecular weight is 344 g/mol. The first kappa shape index (κ1) is 18.2. The Morgan fingerprint density at radius 3 is 2.38 bits per heavy atom. The van der Waals surface area contributed by atoms with E-state index < -0.39 is 11.4 Å². The summed E-state index contributed by atoms with van der Waals surface area (Å²) in [6, 6.07) is 17.9. The molecule has 0 aromatic heterocycles. The molecule has 0 spiro atoms. The van der Waals surface area contributed by atoms with E-state index in [4.69, 9.17) is 19.5 Å². The van der Waals surface area contributed by atoms with Crippen LogP contribution in [0.3, 0.4) is 0 Å². The number of hydrogen-bond acceptors (Lipinski definition) is 4. The second-order valence-electron chi connectivity index (χ2n) is 5.00. The highest BCUT2D eigenvalue weighted by Gasteiger charge is 2.13. The van der Waals surface area contributed by atoms with Crippen LogP contribution in [-0.4, -0.2) is 23.5 Å². The monoisotopic (exact) mass is 344 g/mol. The Bertz CT molecular complexity index is 677. The molecule has 0 bridgehead atoms. The minimum atomic E-state index is -1.86. The summed E-state index contributed by atoms with van der Waals surface area (Å²) in [5.74, 6) is 2.97. The third kappa shape index (κ3) is 5.82.